The van der Waals surface area contributed by atoms with Crippen molar-refractivity contribution in [3.05, 3.63) is 24.3 Å². The third-order valence-electron chi connectivity index (χ3n) is 4.44. The second-order valence-electron chi connectivity index (χ2n) is 6.30. The van der Waals surface area contributed by atoms with Crippen molar-refractivity contribution in [1.29, 1.82) is 0 Å². The van der Waals surface area contributed by atoms with Crippen molar-refractivity contribution in [1.82, 2.24) is 4.90 Å². The number of amides is 1. The number of rotatable bonds is 9. The molecule has 0 aliphatic carbocycles. The van der Waals surface area contributed by atoms with Gasteiger partial charge in [0, 0.05) is 19.7 Å². The highest BCUT2D eigenvalue weighted by Crippen LogP contribution is 2.26. The molecule has 2 rings (SSSR count). The van der Waals surface area contributed by atoms with E-state index < -0.39 is 21.2 Å². The Bertz CT molecular complexity index is 665. The van der Waals surface area contributed by atoms with Gasteiger partial charge < -0.3 is 19.5 Å². The van der Waals surface area contributed by atoms with E-state index in [2.05, 4.69) is 6.92 Å². The summed E-state index contributed by atoms with van der Waals surface area (Å²) in [7, 11) is -3.46. The summed E-state index contributed by atoms with van der Waals surface area (Å²) in [6, 6.07) is 6.38. The summed E-state index contributed by atoms with van der Waals surface area (Å²) >= 11 is 0. The molecule has 0 atom stereocenters. The molecule has 1 aliphatic heterocycles. The predicted molar refractivity (Wildman–Crippen MR) is 97.5 cm³/mol. The molecule has 0 unspecified atom stereocenters. The number of likely N-dealkylation sites (tertiary alicyclic amines) is 1. The molecule has 1 heterocycles. The van der Waals surface area contributed by atoms with Crippen molar-refractivity contribution in [3.8, 4) is 5.75 Å². The van der Waals surface area contributed by atoms with E-state index in [9.17, 15) is 13.2 Å². The maximum Gasteiger partial charge on any atom is 0.407 e. The SMILES string of the molecule is CCCCOCCOc1ccc(S(=O)(=O)C2CCN(C(=O)O)CC2)cc1. The van der Waals surface area contributed by atoms with Crippen LogP contribution < -0.4 is 4.74 Å². The summed E-state index contributed by atoms with van der Waals surface area (Å²) in [5.74, 6) is 0.601. The Kier molecular flexibility index (Phi) is 7.71. The van der Waals surface area contributed by atoms with E-state index in [4.69, 9.17) is 14.6 Å². The van der Waals surface area contributed by atoms with Crippen LogP contribution in [0, 0.1) is 0 Å². The van der Waals surface area contributed by atoms with Crippen molar-refractivity contribution in [2.45, 2.75) is 42.8 Å². The van der Waals surface area contributed by atoms with Gasteiger partial charge in [0.25, 0.3) is 0 Å². The highest BCUT2D eigenvalue weighted by atomic mass is 32.2. The van der Waals surface area contributed by atoms with Crippen LogP contribution in [0.1, 0.15) is 32.6 Å². The van der Waals surface area contributed by atoms with Crippen LogP contribution in [0.4, 0.5) is 4.79 Å². The van der Waals surface area contributed by atoms with Gasteiger partial charge in [0.2, 0.25) is 0 Å². The fourth-order valence-electron chi connectivity index (χ4n) is 2.84. The van der Waals surface area contributed by atoms with Crippen molar-refractivity contribution in [3.63, 3.8) is 0 Å². The Hall–Kier alpha value is -1.80. The lowest BCUT2D eigenvalue weighted by Crippen LogP contribution is -2.41. The maximum absolute atomic E-state index is 12.7. The van der Waals surface area contributed by atoms with Gasteiger partial charge in [0.15, 0.2) is 9.84 Å². The molecule has 1 amide bonds. The second kappa shape index (κ2) is 9.78. The zero-order valence-corrected chi connectivity index (χ0v) is 15.9. The normalized spacial score (nSPS) is 15.8. The van der Waals surface area contributed by atoms with Crippen LogP contribution in [-0.4, -0.2) is 62.7 Å². The molecule has 1 aromatic rings. The van der Waals surface area contributed by atoms with Gasteiger partial charge in [-0.15, -0.1) is 0 Å². The number of sulfone groups is 1. The number of hydrogen-bond donors (Lipinski definition) is 1. The highest BCUT2D eigenvalue weighted by molar-refractivity contribution is 7.92. The highest BCUT2D eigenvalue weighted by Gasteiger charge is 2.32. The maximum atomic E-state index is 12.7. The van der Waals surface area contributed by atoms with Crippen LogP contribution in [-0.2, 0) is 14.6 Å². The third kappa shape index (κ3) is 5.60. The van der Waals surface area contributed by atoms with E-state index in [0.29, 0.717) is 31.8 Å². The van der Waals surface area contributed by atoms with Crippen molar-refractivity contribution < 1.29 is 27.8 Å². The molecule has 0 spiro atoms. The Morgan fingerprint density at radius 1 is 1.15 bits per heavy atom. The van der Waals surface area contributed by atoms with Gasteiger partial charge in [-0.2, -0.15) is 0 Å². The summed E-state index contributed by atoms with van der Waals surface area (Å²) in [4.78, 5) is 12.4. The quantitative estimate of drug-likeness (QED) is 0.657. The standard InChI is InChI=1S/C18H27NO6S/c1-2-3-12-24-13-14-25-15-4-6-16(7-5-15)26(22,23)17-8-10-19(11-9-17)18(20)21/h4-7,17H,2-3,8-14H2,1H3,(H,20,21). The monoisotopic (exact) mass is 385 g/mol. The van der Waals surface area contributed by atoms with Gasteiger partial charge in [-0.25, -0.2) is 13.2 Å². The van der Waals surface area contributed by atoms with Crippen LogP contribution in [0.5, 0.6) is 5.75 Å². The Morgan fingerprint density at radius 3 is 2.38 bits per heavy atom. The average molecular weight is 385 g/mol. The van der Waals surface area contributed by atoms with Gasteiger partial charge in [0.05, 0.1) is 16.8 Å². The molecular formula is C18H27NO6S. The minimum Gasteiger partial charge on any atom is -0.491 e. The number of nitrogens with zero attached hydrogens (tertiary/aromatic N) is 1. The molecule has 1 aliphatic rings. The van der Waals surface area contributed by atoms with E-state index in [1.54, 1.807) is 24.3 Å². The van der Waals surface area contributed by atoms with Crippen LogP contribution >= 0.6 is 0 Å². The van der Waals surface area contributed by atoms with Crippen molar-refractivity contribution in [2.75, 3.05) is 32.9 Å². The number of hydrogen-bond acceptors (Lipinski definition) is 5. The molecular weight excluding hydrogens is 358 g/mol. The van der Waals surface area contributed by atoms with Gasteiger partial charge in [-0.05, 0) is 43.5 Å². The first-order chi connectivity index (χ1) is 12.4. The number of carbonyl (C=O) groups is 1. The topological polar surface area (TPSA) is 93.1 Å². The molecule has 146 valence electrons. The van der Waals surface area contributed by atoms with Crippen LogP contribution in [0.15, 0.2) is 29.2 Å². The van der Waals surface area contributed by atoms with Gasteiger partial charge in [0.1, 0.15) is 12.4 Å². The van der Waals surface area contributed by atoms with E-state index in [0.717, 1.165) is 19.4 Å². The Balaban J connectivity index is 1.85. The van der Waals surface area contributed by atoms with E-state index in [1.165, 1.54) is 4.90 Å². The van der Waals surface area contributed by atoms with E-state index in [-0.39, 0.29) is 18.0 Å². The zero-order valence-electron chi connectivity index (χ0n) is 15.1. The summed E-state index contributed by atoms with van der Waals surface area (Å²) < 4.78 is 36.4. The minimum absolute atomic E-state index is 0.248. The van der Waals surface area contributed by atoms with Gasteiger partial charge in [-0.3, -0.25) is 0 Å². The smallest absolute Gasteiger partial charge is 0.407 e. The lowest BCUT2D eigenvalue weighted by molar-refractivity contribution is 0.0980. The molecule has 26 heavy (non-hydrogen) atoms. The lowest BCUT2D eigenvalue weighted by atomic mass is 10.1. The molecule has 0 bridgehead atoms. The largest absolute Gasteiger partial charge is 0.491 e. The molecule has 1 aromatic carbocycles. The Morgan fingerprint density at radius 2 is 1.81 bits per heavy atom. The molecule has 1 fully saturated rings. The van der Waals surface area contributed by atoms with Crippen molar-refractivity contribution in [2.24, 2.45) is 0 Å². The van der Waals surface area contributed by atoms with Crippen LogP contribution in [0.2, 0.25) is 0 Å². The number of piperidine rings is 1. The lowest BCUT2D eigenvalue weighted by Gasteiger charge is -2.29. The summed E-state index contributed by atoms with van der Waals surface area (Å²) in [6.07, 6.45) is 1.76. The van der Waals surface area contributed by atoms with E-state index >= 15 is 0 Å². The molecule has 0 radical (unpaired) electrons. The zero-order chi connectivity index (χ0) is 19.0. The molecule has 1 saturated heterocycles. The summed E-state index contributed by atoms with van der Waals surface area (Å²) in [5.41, 5.74) is 0. The number of carboxylic acid groups (broad SMARTS) is 1. The second-order valence-corrected chi connectivity index (χ2v) is 8.53. The fraction of sp³-hybridized carbons (Fsp3) is 0.611. The molecule has 7 nitrogen and oxygen atoms in total. The first-order valence-corrected chi connectivity index (χ1v) is 10.5. The summed E-state index contributed by atoms with van der Waals surface area (Å²) in [5, 5.41) is 8.42. The fourth-order valence-corrected chi connectivity index (χ4v) is 4.57. The van der Waals surface area contributed by atoms with E-state index in [1.807, 2.05) is 0 Å². The number of benzene rings is 1. The van der Waals surface area contributed by atoms with Gasteiger partial charge in [-0.1, -0.05) is 13.3 Å². The van der Waals surface area contributed by atoms with Crippen LogP contribution in [0.25, 0.3) is 0 Å². The first kappa shape index (κ1) is 20.5. The average Bonchev–Trinajstić information content (AvgIpc) is 2.65. The van der Waals surface area contributed by atoms with Crippen LogP contribution in [0.3, 0.4) is 0 Å². The molecule has 0 aromatic heterocycles. The Labute approximate surface area is 154 Å². The predicted octanol–water partition coefficient (Wildman–Crippen LogP) is 2.80. The van der Waals surface area contributed by atoms with Gasteiger partial charge >= 0.3 is 6.09 Å². The van der Waals surface area contributed by atoms with Crippen molar-refractivity contribution >= 4 is 15.9 Å². The minimum atomic E-state index is -3.46. The number of ether oxygens (including phenoxy) is 2. The number of unbranched alkanes of at least 4 members (excludes halogenated alkanes) is 1. The molecule has 0 saturated carbocycles. The third-order valence-corrected chi connectivity index (χ3v) is 6.72. The molecule has 1 N–H and O–H groups in total. The molecule has 8 heteroatoms. The first-order valence-electron chi connectivity index (χ1n) is 8.97. The summed E-state index contributed by atoms with van der Waals surface area (Å²) in [6.45, 7) is 4.24.